The molecule has 0 aromatic carbocycles. The van der Waals surface area contributed by atoms with E-state index in [1.165, 1.54) is 5.69 Å². The summed E-state index contributed by atoms with van der Waals surface area (Å²) in [6, 6.07) is 2.57. The molecule has 0 saturated carbocycles. The Bertz CT molecular complexity index is 250. The second-order valence-electron chi connectivity index (χ2n) is 3.35. The van der Waals surface area contributed by atoms with Crippen LogP contribution in [0.5, 0.6) is 0 Å². The summed E-state index contributed by atoms with van der Waals surface area (Å²) in [5.41, 5.74) is 2.35. The van der Waals surface area contributed by atoms with Gasteiger partial charge in [0.25, 0.3) is 0 Å². The van der Waals surface area contributed by atoms with Gasteiger partial charge < -0.3 is 5.32 Å². The van der Waals surface area contributed by atoms with E-state index in [0.717, 1.165) is 12.2 Å². The van der Waals surface area contributed by atoms with Crippen LogP contribution in [0, 0.1) is 6.92 Å². The van der Waals surface area contributed by atoms with E-state index in [2.05, 4.69) is 35.0 Å². The van der Waals surface area contributed by atoms with Crippen molar-refractivity contribution in [3.63, 3.8) is 0 Å². The highest BCUT2D eigenvalue weighted by molar-refractivity contribution is 5.09. The smallest absolute Gasteiger partial charge is 0.0597 e. The van der Waals surface area contributed by atoms with Crippen molar-refractivity contribution in [1.29, 1.82) is 0 Å². The van der Waals surface area contributed by atoms with Crippen LogP contribution in [0.1, 0.15) is 31.3 Å². The lowest BCUT2D eigenvalue weighted by atomic mass is 10.3. The molecular formula is C9H17N3. The highest BCUT2D eigenvalue weighted by Crippen LogP contribution is 2.10. The summed E-state index contributed by atoms with van der Waals surface area (Å²) in [6.45, 7) is 7.20. The molecule has 3 nitrogen and oxygen atoms in total. The predicted octanol–water partition coefficient (Wildman–Crippen LogP) is 1.49. The van der Waals surface area contributed by atoms with Crippen molar-refractivity contribution < 1.29 is 0 Å². The molecular weight excluding hydrogens is 150 g/mol. The Balaban J connectivity index is 2.92. The maximum Gasteiger partial charge on any atom is 0.0597 e. The van der Waals surface area contributed by atoms with E-state index in [0.29, 0.717) is 6.04 Å². The summed E-state index contributed by atoms with van der Waals surface area (Å²) < 4.78 is 2.06. The lowest BCUT2D eigenvalue weighted by Crippen LogP contribution is -2.13. The maximum absolute atomic E-state index is 4.41. The first-order valence-electron chi connectivity index (χ1n) is 4.34. The highest BCUT2D eigenvalue weighted by Gasteiger charge is 2.06. The second kappa shape index (κ2) is 3.72. The largest absolute Gasteiger partial charge is 0.314 e. The molecule has 12 heavy (non-hydrogen) atoms. The Kier molecular flexibility index (Phi) is 2.87. The minimum atomic E-state index is 0.446. The third kappa shape index (κ3) is 1.85. The molecule has 68 valence electrons. The molecule has 0 unspecified atom stereocenters. The lowest BCUT2D eigenvalue weighted by Gasteiger charge is -2.09. The molecule has 1 N–H and O–H groups in total. The zero-order valence-corrected chi connectivity index (χ0v) is 8.26. The standard InChI is InChI=1S/C9H17N3/c1-7(2)12-9(6-10-4)5-8(3)11-12/h5,7,10H,6H2,1-4H3. The molecule has 0 radical (unpaired) electrons. The van der Waals surface area contributed by atoms with Gasteiger partial charge in [0.2, 0.25) is 0 Å². The number of hydrogen-bond acceptors (Lipinski definition) is 2. The number of nitrogens with zero attached hydrogens (tertiary/aromatic N) is 2. The Morgan fingerprint density at radius 2 is 2.25 bits per heavy atom. The summed E-state index contributed by atoms with van der Waals surface area (Å²) >= 11 is 0. The zero-order valence-electron chi connectivity index (χ0n) is 8.26. The molecule has 0 atom stereocenters. The lowest BCUT2D eigenvalue weighted by molar-refractivity contribution is 0.499. The summed E-state index contributed by atoms with van der Waals surface area (Å²) in [5, 5.41) is 7.54. The second-order valence-corrected chi connectivity index (χ2v) is 3.35. The Morgan fingerprint density at radius 1 is 1.58 bits per heavy atom. The van der Waals surface area contributed by atoms with Crippen LogP contribution in [-0.4, -0.2) is 16.8 Å². The van der Waals surface area contributed by atoms with Gasteiger partial charge in [0.05, 0.1) is 11.4 Å². The number of rotatable bonds is 3. The van der Waals surface area contributed by atoms with E-state index < -0.39 is 0 Å². The van der Waals surface area contributed by atoms with Gasteiger partial charge >= 0.3 is 0 Å². The first-order valence-corrected chi connectivity index (χ1v) is 4.34. The SMILES string of the molecule is CNCc1cc(C)nn1C(C)C. The normalized spacial score (nSPS) is 11.1. The van der Waals surface area contributed by atoms with Gasteiger partial charge in [0, 0.05) is 12.6 Å². The molecule has 1 heterocycles. The fourth-order valence-corrected chi connectivity index (χ4v) is 1.33. The van der Waals surface area contributed by atoms with Crippen LogP contribution in [0.15, 0.2) is 6.07 Å². The van der Waals surface area contributed by atoms with Crippen molar-refractivity contribution in [2.45, 2.75) is 33.4 Å². The van der Waals surface area contributed by atoms with Gasteiger partial charge in [-0.2, -0.15) is 5.10 Å². The van der Waals surface area contributed by atoms with Gasteiger partial charge in [0.15, 0.2) is 0 Å². The van der Waals surface area contributed by atoms with Crippen LogP contribution in [0.2, 0.25) is 0 Å². The van der Waals surface area contributed by atoms with Crippen molar-refractivity contribution >= 4 is 0 Å². The molecule has 1 aromatic rings. The monoisotopic (exact) mass is 167 g/mol. The number of aromatic nitrogens is 2. The maximum atomic E-state index is 4.41. The topological polar surface area (TPSA) is 29.9 Å². The summed E-state index contributed by atoms with van der Waals surface area (Å²) in [7, 11) is 1.95. The van der Waals surface area contributed by atoms with Crippen molar-refractivity contribution in [2.24, 2.45) is 0 Å². The van der Waals surface area contributed by atoms with Crippen molar-refractivity contribution in [3.8, 4) is 0 Å². The van der Waals surface area contributed by atoms with E-state index >= 15 is 0 Å². The third-order valence-electron chi connectivity index (χ3n) is 1.78. The van der Waals surface area contributed by atoms with Crippen LogP contribution in [0.3, 0.4) is 0 Å². The molecule has 0 aliphatic carbocycles. The van der Waals surface area contributed by atoms with E-state index in [1.807, 2.05) is 14.0 Å². The Hall–Kier alpha value is -0.830. The van der Waals surface area contributed by atoms with E-state index in [9.17, 15) is 0 Å². The van der Waals surface area contributed by atoms with E-state index in [4.69, 9.17) is 0 Å². The molecule has 0 aliphatic rings. The number of aryl methyl sites for hydroxylation is 1. The molecule has 0 saturated heterocycles. The minimum absolute atomic E-state index is 0.446. The molecule has 0 fully saturated rings. The van der Waals surface area contributed by atoms with Gasteiger partial charge in [-0.25, -0.2) is 0 Å². The minimum Gasteiger partial charge on any atom is -0.314 e. The quantitative estimate of drug-likeness (QED) is 0.739. The molecule has 0 amide bonds. The van der Waals surface area contributed by atoms with Gasteiger partial charge in [-0.1, -0.05) is 0 Å². The van der Waals surface area contributed by atoms with Crippen LogP contribution < -0.4 is 5.32 Å². The highest BCUT2D eigenvalue weighted by atomic mass is 15.3. The van der Waals surface area contributed by atoms with Crippen LogP contribution >= 0.6 is 0 Å². The van der Waals surface area contributed by atoms with Crippen molar-refractivity contribution in [1.82, 2.24) is 15.1 Å². The fourth-order valence-electron chi connectivity index (χ4n) is 1.33. The first-order chi connectivity index (χ1) is 5.65. The third-order valence-corrected chi connectivity index (χ3v) is 1.78. The van der Waals surface area contributed by atoms with E-state index in [-0.39, 0.29) is 0 Å². The number of nitrogens with one attached hydrogen (secondary N) is 1. The van der Waals surface area contributed by atoms with Gasteiger partial charge in [-0.15, -0.1) is 0 Å². The van der Waals surface area contributed by atoms with Crippen molar-refractivity contribution in [3.05, 3.63) is 17.5 Å². The van der Waals surface area contributed by atoms with Crippen LogP contribution in [-0.2, 0) is 6.54 Å². The van der Waals surface area contributed by atoms with Crippen molar-refractivity contribution in [2.75, 3.05) is 7.05 Å². The van der Waals surface area contributed by atoms with Gasteiger partial charge in [0.1, 0.15) is 0 Å². The Labute approximate surface area is 73.8 Å². The predicted molar refractivity (Wildman–Crippen MR) is 50.1 cm³/mol. The average Bonchev–Trinajstić information content (AvgIpc) is 2.32. The first kappa shape index (κ1) is 9.26. The van der Waals surface area contributed by atoms with E-state index in [1.54, 1.807) is 0 Å². The molecule has 3 heteroatoms. The summed E-state index contributed by atoms with van der Waals surface area (Å²) in [4.78, 5) is 0. The molecule has 1 aromatic heterocycles. The molecule has 0 bridgehead atoms. The fraction of sp³-hybridized carbons (Fsp3) is 0.667. The zero-order chi connectivity index (χ0) is 9.14. The van der Waals surface area contributed by atoms with Gasteiger partial charge in [-0.3, -0.25) is 4.68 Å². The summed E-state index contributed by atoms with van der Waals surface area (Å²) in [5.74, 6) is 0. The van der Waals surface area contributed by atoms with Crippen LogP contribution in [0.25, 0.3) is 0 Å². The number of hydrogen-bond donors (Lipinski definition) is 1. The van der Waals surface area contributed by atoms with Crippen LogP contribution in [0.4, 0.5) is 0 Å². The molecule has 1 rings (SSSR count). The van der Waals surface area contributed by atoms with Gasteiger partial charge in [-0.05, 0) is 33.9 Å². The molecule has 0 aliphatic heterocycles. The molecule has 0 spiro atoms. The summed E-state index contributed by atoms with van der Waals surface area (Å²) in [6.07, 6.45) is 0. The average molecular weight is 167 g/mol. The Morgan fingerprint density at radius 3 is 2.75 bits per heavy atom.